The molecule has 2 heterocycles. The van der Waals surface area contributed by atoms with Gasteiger partial charge >= 0.3 is 7.12 Å². The third-order valence-electron chi connectivity index (χ3n) is 6.64. The molecular weight excluding hydrogens is 473 g/mol. The van der Waals surface area contributed by atoms with Gasteiger partial charge in [-0.2, -0.15) is 0 Å². The first-order valence-electron chi connectivity index (χ1n) is 12.2. The minimum absolute atomic E-state index is 0.505. The Labute approximate surface area is 221 Å². The topological polar surface area (TPSA) is 45.4 Å². The van der Waals surface area contributed by atoms with Crippen molar-refractivity contribution in [1.29, 1.82) is 0 Å². The first-order valence-corrected chi connectivity index (χ1v) is 13.1. The quantitative estimate of drug-likeness (QED) is 0.226. The Kier molecular flexibility index (Phi) is 6.85. The third kappa shape index (κ3) is 4.11. The van der Waals surface area contributed by atoms with E-state index in [4.69, 9.17) is 0 Å². The molecule has 5 heteroatoms. The monoisotopic (exact) mass is 501 g/mol. The van der Waals surface area contributed by atoms with E-state index in [1.807, 2.05) is 68.5 Å². The van der Waals surface area contributed by atoms with Crippen molar-refractivity contribution in [2.24, 2.45) is 0 Å². The van der Waals surface area contributed by atoms with Crippen molar-refractivity contribution in [3.05, 3.63) is 108 Å². The smallest absolute Gasteiger partial charge is 0.423 e. The second-order valence-corrected chi connectivity index (χ2v) is 9.85. The van der Waals surface area contributed by atoms with E-state index in [-0.39, 0.29) is 0 Å². The lowest BCUT2D eigenvalue weighted by atomic mass is 9.72. The summed E-state index contributed by atoms with van der Waals surface area (Å²) in [5.74, 6) is 0. The molecule has 0 radical (unpaired) electrons. The van der Waals surface area contributed by atoms with Gasteiger partial charge in [0.25, 0.3) is 0 Å². The van der Waals surface area contributed by atoms with Gasteiger partial charge in [0, 0.05) is 31.6 Å². The largest absolute Gasteiger partial charge is 0.489 e. The summed E-state index contributed by atoms with van der Waals surface area (Å²) >= 11 is 1.60. The first-order chi connectivity index (χ1) is 18.0. The number of fused-ring (bicyclic) bond motifs is 2. The van der Waals surface area contributed by atoms with Gasteiger partial charge in [0.05, 0.1) is 11.2 Å². The van der Waals surface area contributed by atoms with E-state index in [1.54, 1.807) is 11.3 Å². The Morgan fingerprint density at radius 1 is 0.865 bits per heavy atom. The molecule has 0 atom stereocenters. The Balaban J connectivity index is 1.84. The number of hydrogen-bond donors (Lipinski definition) is 2. The number of benzene rings is 3. The van der Waals surface area contributed by atoms with Crippen LogP contribution < -0.4 is 5.46 Å². The van der Waals surface area contributed by atoms with Gasteiger partial charge in [0.1, 0.15) is 0 Å². The molecule has 5 rings (SSSR count). The number of hydrogen-bond acceptors (Lipinski definition) is 3. The van der Waals surface area contributed by atoms with Crippen molar-refractivity contribution in [2.45, 2.75) is 13.8 Å². The highest BCUT2D eigenvalue weighted by molar-refractivity contribution is 7.20. The van der Waals surface area contributed by atoms with Crippen LogP contribution in [0.4, 0.5) is 0 Å². The highest BCUT2D eigenvalue weighted by Crippen LogP contribution is 2.38. The summed E-state index contributed by atoms with van der Waals surface area (Å²) in [6, 6.07) is 20.6. The van der Waals surface area contributed by atoms with Gasteiger partial charge in [0.2, 0.25) is 0 Å². The van der Waals surface area contributed by atoms with Crippen molar-refractivity contribution in [3.8, 4) is 16.8 Å². The second-order valence-electron chi connectivity index (χ2n) is 8.76. The molecule has 37 heavy (non-hydrogen) atoms. The molecule has 2 aromatic heterocycles. The molecule has 0 bridgehead atoms. The minimum atomic E-state index is -1.63. The van der Waals surface area contributed by atoms with Crippen LogP contribution in [-0.2, 0) is 0 Å². The van der Waals surface area contributed by atoms with Crippen LogP contribution in [0.5, 0.6) is 0 Å². The molecule has 3 nitrogen and oxygen atoms in total. The number of allylic oxidation sites excluding steroid dienone is 2. The van der Waals surface area contributed by atoms with E-state index in [1.165, 1.54) is 0 Å². The normalized spacial score (nSPS) is 11.8. The molecule has 0 saturated carbocycles. The summed E-state index contributed by atoms with van der Waals surface area (Å²) in [5, 5.41) is 23.1. The van der Waals surface area contributed by atoms with E-state index < -0.39 is 7.12 Å². The maximum atomic E-state index is 10.6. The molecule has 3 aromatic carbocycles. The van der Waals surface area contributed by atoms with Crippen molar-refractivity contribution in [3.63, 3.8) is 0 Å². The Bertz CT molecular complexity index is 1700. The predicted molar refractivity (Wildman–Crippen MR) is 164 cm³/mol. The van der Waals surface area contributed by atoms with Gasteiger partial charge in [-0.05, 0) is 72.4 Å². The minimum Gasteiger partial charge on any atom is -0.423 e. The summed E-state index contributed by atoms with van der Waals surface area (Å²) < 4.78 is 3.23. The molecule has 182 valence electrons. The molecule has 0 aliphatic rings. The highest BCUT2D eigenvalue weighted by atomic mass is 32.1. The Morgan fingerprint density at radius 2 is 1.62 bits per heavy atom. The molecule has 0 aliphatic carbocycles. The molecule has 0 fully saturated rings. The lowest BCUT2D eigenvalue weighted by Crippen LogP contribution is -2.32. The standard InChI is InChI=1S/C32H28BNO2S/c1-5-12-25-29(8-4)37-30-19-17-24(32(31(25)30)33(35)36)21-16-18-28-26(20-21)23(7-3)27(13-6-2)34(28)22-14-10-9-11-15-22/h5-20,35-36H,3-4H2,1-2H3/b12-5-,13-6-. The molecular formula is C32H28BNO2S. The maximum absolute atomic E-state index is 10.6. The van der Waals surface area contributed by atoms with E-state index in [0.717, 1.165) is 59.5 Å². The van der Waals surface area contributed by atoms with Gasteiger partial charge in [0.15, 0.2) is 0 Å². The molecule has 5 aromatic rings. The van der Waals surface area contributed by atoms with E-state index in [9.17, 15) is 10.0 Å². The SMILES string of the molecule is C=Cc1sc2ccc(-c3ccc4c(c3)c(C=C)c(/C=C\C)n4-c3ccccc3)c(B(O)O)c2c1/C=C\C. The third-order valence-corrected chi connectivity index (χ3v) is 7.80. The van der Waals surface area contributed by atoms with Crippen LogP contribution in [0.2, 0.25) is 0 Å². The van der Waals surface area contributed by atoms with Crippen LogP contribution in [-0.4, -0.2) is 21.7 Å². The second kappa shape index (κ2) is 10.2. The van der Waals surface area contributed by atoms with E-state index >= 15 is 0 Å². The summed E-state index contributed by atoms with van der Waals surface area (Å²) in [6.45, 7) is 12.1. The molecule has 2 N–H and O–H groups in total. The van der Waals surface area contributed by atoms with Crippen LogP contribution in [0, 0.1) is 0 Å². The van der Waals surface area contributed by atoms with Crippen LogP contribution in [0.3, 0.4) is 0 Å². The first kappa shape index (κ1) is 24.8. The number of rotatable bonds is 7. The maximum Gasteiger partial charge on any atom is 0.489 e. The number of aromatic nitrogens is 1. The number of nitrogens with zero attached hydrogens (tertiary/aromatic N) is 1. The zero-order valence-electron chi connectivity index (χ0n) is 21.0. The van der Waals surface area contributed by atoms with Crippen molar-refractivity contribution >= 4 is 69.2 Å². The van der Waals surface area contributed by atoms with Gasteiger partial charge in [-0.3, -0.25) is 0 Å². The van der Waals surface area contributed by atoms with Gasteiger partial charge in [-0.15, -0.1) is 11.3 Å². The van der Waals surface area contributed by atoms with Crippen molar-refractivity contribution in [1.82, 2.24) is 4.57 Å². The lowest BCUT2D eigenvalue weighted by molar-refractivity contribution is 0.426. The van der Waals surface area contributed by atoms with Gasteiger partial charge in [-0.25, -0.2) is 0 Å². The molecule has 0 aliphatic heterocycles. The van der Waals surface area contributed by atoms with Crippen LogP contribution >= 0.6 is 11.3 Å². The fourth-order valence-corrected chi connectivity index (χ4v) is 6.22. The van der Waals surface area contributed by atoms with Crippen LogP contribution in [0.25, 0.3) is 62.1 Å². The zero-order valence-corrected chi connectivity index (χ0v) is 21.8. The van der Waals surface area contributed by atoms with Gasteiger partial charge in [-0.1, -0.05) is 73.9 Å². The fourth-order valence-electron chi connectivity index (χ4n) is 5.16. The average Bonchev–Trinajstić information content (AvgIpc) is 3.43. The molecule has 0 saturated heterocycles. The van der Waals surface area contributed by atoms with Crippen molar-refractivity contribution in [2.75, 3.05) is 0 Å². The highest BCUT2D eigenvalue weighted by Gasteiger charge is 2.25. The van der Waals surface area contributed by atoms with Crippen LogP contribution in [0.15, 0.2) is 86.0 Å². The molecule has 0 spiro atoms. The lowest BCUT2D eigenvalue weighted by Gasteiger charge is -2.13. The fraction of sp³-hybridized carbons (Fsp3) is 0.0625. The molecule has 0 amide bonds. The average molecular weight is 501 g/mol. The molecule has 0 unspecified atom stereocenters. The summed E-state index contributed by atoms with van der Waals surface area (Å²) in [4.78, 5) is 1.01. The van der Waals surface area contributed by atoms with E-state index in [2.05, 4.69) is 60.2 Å². The Morgan fingerprint density at radius 3 is 2.27 bits per heavy atom. The predicted octanol–water partition coefficient (Wildman–Crippen LogP) is 7.54. The summed E-state index contributed by atoms with van der Waals surface area (Å²) in [6.07, 6.45) is 11.8. The number of thiophene rings is 1. The summed E-state index contributed by atoms with van der Waals surface area (Å²) in [7, 11) is -1.63. The van der Waals surface area contributed by atoms with Crippen molar-refractivity contribution < 1.29 is 10.0 Å². The number of para-hydroxylation sites is 1. The van der Waals surface area contributed by atoms with Gasteiger partial charge < -0.3 is 14.6 Å². The van der Waals surface area contributed by atoms with Crippen LogP contribution in [0.1, 0.15) is 35.5 Å². The zero-order chi connectivity index (χ0) is 26.1. The van der Waals surface area contributed by atoms with E-state index in [0.29, 0.717) is 5.46 Å². The Hall–Kier alpha value is -3.90. The summed E-state index contributed by atoms with van der Waals surface area (Å²) in [5.41, 5.74) is 7.38.